The highest BCUT2D eigenvalue weighted by molar-refractivity contribution is 5.38. The number of fused-ring (bicyclic) bond motifs is 4. The molecule has 0 radical (unpaired) electrons. The van der Waals surface area contributed by atoms with Crippen LogP contribution in [0.25, 0.3) is 0 Å². The molecule has 2 fully saturated rings. The summed E-state index contributed by atoms with van der Waals surface area (Å²) in [6.45, 7) is 20.0. The molecule has 0 amide bonds. The van der Waals surface area contributed by atoms with Crippen molar-refractivity contribution in [2.24, 2.45) is 45.3 Å². The molecule has 4 aliphatic rings. The summed E-state index contributed by atoms with van der Waals surface area (Å²) in [6, 6.07) is 0. The fraction of sp³-hybridized carbons (Fsp3) is 0.933. The van der Waals surface area contributed by atoms with Crippen molar-refractivity contribution in [3.8, 4) is 0 Å². The zero-order valence-corrected chi connectivity index (χ0v) is 22.1. The van der Waals surface area contributed by atoms with E-state index in [1.807, 2.05) is 11.1 Å². The molecule has 1 nitrogen and oxygen atoms in total. The Morgan fingerprint density at radius 3 is 2.23 bits per heavy atom. The zero-order valence-electron chi connectivity index (χ0n) is 22.1. The van der Waals surface area contributed by atoms with E-state index in [1.165, 1.54) is 64.2 Å². The summed E-state index contributed by atoms with van der Waals surface area (Å²) in [5.74, 6) is 3.24. The fourth-order valence-electron chi connectivity index (χ4n) is 9.68. The van der Waals surface area contributed by atoms with E-state index in [2.05, 4.69) is 55.4 Å². The van der Waals surface area contributed by atoms with Crippen molar-refractivity contribution in [3.05, 3.63) is 11.1 Å². The van der Waals surface area contributed by atoms with Crippen LogP contribution in [0, 0.1) is 45.3 Å². The molecule has 0 aromatic rings. The SMILES string of the molecule is CC(C)CCCC(C)C1CC[C@@]2(C)C3=C(CC[C@]12C)[C@@]1(C)CCC(O)C(C)(C)C1CC3. The van der Waals surface area contributed by atoms with Crippen LogP contribution in [-0.4, -0.2) is 11.2 Å². The maximum atomic E-state index is 10.8. The summed E-state index contributed by atoms with van der Waals surface area (Å²) in [4.78, 5) is 0. The minimum absolute atomic E-state index is 0.0519. The van der Waals surface area contributed by atoms with E-state index in [0.29, 0.717) is 22.2 Å². The third-order valence-corrected chi connectivity index (χ3v) is 11.9. The van der Waals surface area contributed by atoms with Crippen molar-refractivity contribution in [1.82, 2.24) is 0 Å². The molecule has 4 unspecified atom stereocenters. The Bertz CT molecular complexity index is 716. The Morgan fingerprint density at radius 2 is 1.55 bits per heavy atom. The van der Waals surface area contributed by atoms with E-state index in [-0.39, 0.29) is 11.5 Å². The molecule has 2 saturated carbocycles. The highest BCUT2D eigenvalue weighted by Gasteiger charge is 2.63. The Labute approximate surface area is 193 Å². The van der Waals surface area contributed by atoms with Crippen LogP contribution < -0.4 is 0 Å². The molecule has 0 aliphatic heterocycles. The largest absolute Gasteiger partial charge is 0.393 e. The van der Waals surface area contributed by atoms with Crippen LogP contribution in [0.3, 0.4) is 0 Å². The van der Waals surface area contributed by atoms with Gasteiger partial charge in [0.2, 0.25) is 0 Å². The predicted octanol–water partition coefficient (Wildman–Crippen LogP) is 8.56. The molecule has 4 rings (SSSR count). The Kier molecular flexibility index (Phi) is 6.07. The van der Waals surface area contributed by atoms with Gasteiger partial charge in [-0.1, -0.05) is 85.8 Å². The second-order valence-electron chi connectivity index (χ2n) is 14.0. The molecule has 4 aliphatic carbocycles. The van der Waals surface area contributed by atoms with E-state index < -0.39 is 0 Å². The van der Waals surface area contributed by atoms with Crippen LogP contribution in [0.1, 0.15) is 126 Å². The van der Waals surface area contributed by atoms with Gasteiger partial charge in [0.1, 0.15) is 0 Å². The van der Waals surface area contributed by atoms with Crippen molar-refractivity contribution >= 4 is 0 Å². The third kappa shape index (κ3) is 3.41. The van der Waals surface area contributed by atoms with Crippen molar-refractivity contribution in [2.45, 2.75) is 132 Å². The van der Waals surface area contributed by atoms with Gasteiger partial charge in [-0.15, -0.1) is 0 Å². The normalized spacial score (nSPS) is 45.3. The lowest BCUT2D eigenvalue weighted by Gasteiger charge is -2.62. The third-order valence-electron chi connectivity index (χ3n) is 11.9. The second-order valence-corrected chi connectivity index (χ2v) is 14.0. The second kappa shape index (κ2) is 7.89. The van der Waals surface area contributed by atoms with Crippen molar-refractivity contribution in [1.29, 1.82) is 0 Å². The summed E-state index contributed by atoms with van der Waals surface area (Å²) >= 11 is 0. The molecule has 0 heterocycles. The highest BCUT2D eigenvalue weighted by atomic mass is 16.3. The van der Waals surface area contributed by atoms with Gasteiger partial charge in [-0.05, 0) is 96.7 Å². The minimum atomic E-state index is -0.125. The van der Waals surface area contributed by atoms with Gasteiger partial charge in [-0.2, -0.15) is 0 Å². The van der Waals surface area contributed by atoms with Crippen molar-refractivity contribution in [2.75, 3.05) is 0 Å². The van der Waals surface area contributed by atoms with E-state index in [4.69, 9.17) is 0 Å². The summed E-state index contributed by atoms with van der Waals surface area (Å²) in [6.07, 6.45) is 14.4. The number of rotatable bonds is 5. The Hall–Kier alpha value is -0.300. The van der Waals surface area contributed by atoms with Gasteiger partial charge < -0.3 is 5.11 Å². The molecule has 0 saturated heterocycles. The molecule has 1 heteroatoms. The van der Waals surface area contributed by atoms with E-state index >= 15 is 0 Å². The molecule has 31 heavy (non-hydrogen) atoms. The molecule has 1 N–H and O–H groups in total. The van der Waals surface area contributed by atoms with Crippen molar-refractivity contribution in [3.63, 3.8) is 0 Å². The molecular weight excluding hydrogens is 376 g/mol. The average Bonchev–Trinajstić information content (AvgIpc) is 2.96. The van der Waals surface area contributed by atoms with Crippen LogP contribution in [0.15, 0.2) is 11.1 Å². The van der Waals surface area contributed by atoms with Crippen LogP contribution in [0.5, 0.6) is 0 Å². The summed E-state index contributed by atoms with van der Waals surface area (Å²) in [5.41, 5.74) is 5.01. The van der Waals surface area contributed by atoms with Crippen LogP contribution in [-0.2, 0) is 0 Å². The average molecular weight is 429 g/mol. The highest BCUT2D eigenvalue weighted by Crippen LogP contribution is 2.72. The molecule has 178 valence electrons. The zero-order chi connectivity index (χ0) is 22.8. The summed E-state index contributed by atoms with van der Waals surface area (Å²) in [7, 11) is 0. The molecule has 0 bridgehead atoms. The van der Waals surface area contributed by atoms with E-state index in [1.54, 1.807) is 0 Å². The molecule has 7 atom stereocenters. The first kappa shape index (κ1) is 23.8. The maximum Gasteiger partial charge on any atom is 0.0594 e. The lowest BCUT2D eigenvalue weighted by Crippen LogP contribution is -2.55. The first-order valence-electron chi connectivity index (χ1n) is 13.8. The van der Waals surface area contributed by atoms with Gasteiger partial charge in [0.05, 0.1) is 6.10 Å². The first-order valence-corrected chi connectivity index (χ1v) is 13.8. The topological polar surface area (TPSA) is 20.2 Å². The lowest BCUT2D eigenvalue weighted by atomic mass is 9.43. The maximum absolute atomic E-state index is 10.8. The number of allylic oxidation sites excluding steroid dienone is 2. The molecule has 0 aromatic heterocycles. The van der Waals surface area contributed by atoms with Gasteiger partial charge in [0, 0.05) is 0 Å². The van der Waals surface area contributed by atoms with Gasteiger partial charge in [0.15, 0.2) is 0 Å². The lowest BCUT2D eigenvalue weighted by molar-refractivity contribution is -0.0962. The van der Waals surface area contributed by atoms with Gasteiger partial charge in [-0.3, -0.25) is 0 Å². The van der Waals surface area contributed by atoms with Gasteiger partial charge in [-0.25, -0.2) is 0 Å². The number of hydrogen-bond acceptors (Lipinski definition) is 1. The van der Waals surface area contributed by atoms with Crippen LogP contribution >= 0.6 is 0 Å². The minimum Gasteiger partial charge on any atom is -0.393 e. The number of aliphatic hydroxyl groups excluding tert-OH is 1. The summed E-state index contributed by atoms with van der Waals surface area (Å²) < 4.78 is 0. The van der Waals surface area contributed by atoms with E-state index in [0.717, 1.165) is 24.2 Å². The van der Waals surface area contributed by atoms with Crippen LogP contribution in [0.4, 0.5) is 0 Å². The standard InChI is InChI=1S/C30H52O/c1-20(2)10-9-11-21(3)22-14-18-30(8)24-12-13-25-27(4,5)26(31)16-17-28(25,6)23(24)15-19-29(22,30)7/h20-22,25-26,31H,9-19H2,1-8H3/t21?,22?,25?,26?,28-,29-,30+/m1/s1. The molecule has 0 aromatic carbocycles. The quantitative estimate of drug-likeness (QED) is 0.435. The monoisotopic (exact) mass is 428 g/mol. The number of aliphatic hydroxyl groups is 1. The first-order chi connectivity index (χ1) is 14.4. The van der Waals surface area contributed by atoms with Gasteiger partial charge in [0.25, 0.3) is 0 Å². The predicted molar refractivity (Wildman–Crippen MR) is 133 cm³/mol. The fourth-order valence-corrected chi connectivity index (χ4v) is 9.68. The Balaban J connectivity index is 1.63. The molecule has 0 spiro atoms. The summed E-state index contributed by atoms with van der Waals surface area (Å²) in [5, 5.41) is 10.8. The Morgan fingerprint density at radius 1 is 0.839 bits per heavy atom. The number of hydrogen-bond donors (Lipinski definition) is 1. The smallest absolute Gasteiger partial charge is 0.0594 e. The van der Waals surface area contributed by atoms with E-state index in [9.17, 15) is 5.11 Å². The molecular formula is C30H52O. The van der Waals surface area contributed by atoms with Crippen LogP contribution in [0.2, 0.25) is 0 Å². The van der Waals surface area contributed by atoms with Crippen molar-refractivity contribution < 1.29 is 5.11 Å². The van der Waals surface area contributed by atoms with Gasteiger partial charge >= 0.3 is 0 Å².